The van der Waals surface area contributed by atoms with Crippen molar-refractivity contribution in [1.82, 2.24) is 14.5 Å². The van der Waals surface area contributed by atoms with Crippen LogP contribution < -0.4 is 0 Å². The van der Waals surface area contributed by atoms with Crippen molar-refractivity contribution in [2.75, 3.05) is 13.1 Å². The van der Waals surface area contributed by atoms with Gasteiger partial charge in [0.15, 0.2) is 0 Å². The largest absolute Gasteiger partial charge is 0.337 e. The molecule has 0 aromatic carbocycles. The van der Waals surface area contributed by atoms with Gasteiger partial charge in [0.05, 0.1) is 18.4 Å². The number of likely N-dealkylation sites (tertiary alicyclic amines) is 1. The molecular weight excluding hydrogens is 200 g/mol. The van der Waals surface area contributed by atoms with Crippen molar-refractivity contribution < 1.29 is 0 Å². The number of nitrogens with zero attached hydrogens (tertiary/aromatic N) is 4. The zero-order valence-corrected chi connectivity index (χ0v) is 9.55. The van der Waals surface area contributed by atoms with E-state index in [0.29, 0.717) is 0 Å². The molecule has 0 N–H and O–H groups in total. The van der Waals surface area contributed by atoms with Gasteiger partial charge < -0.3 is 4.57 Å². The second kappa shape index (κ2) is 5.66. The third kappa shape index (κ3) is 2.83. The number of nitriles is 1. The molecule has 1 aromatic heterocycles. The highest BCUT2D eigenvalue weighted by atomic mass is 15.2. The Morgan fingerprint density at radius 1 is 1.38 bits per heavy atom. The monoisotopic (exact) mass is 218 g/mol. The molecular formula is C12H18N4. The molecule has 1 aliphatic rings. The van der Waals surface area contributed by atoms with Crippen LogP contribution in [0.15, 0.2) is 18.7 Å². The second-order valence-electron chi connectivity index (χ2n) is 4.33. The van der Waals surface area contributed by atoms with Gasteiger partial charge in [0.25, 0.3) is 0 Å². The normalized spacial score (nSPS) is 21.8. The molecule has 0 bridgehead atoms. The van der Waals surface area contributed by atoms with Crippen molar-refractivity contribution >= 4 is 0 Å². The van der Waals surface area contributed by atoms with E-state index in [2.05, 4.69) is 20.5 Å². The Kier molecular flexibility index (Phi) is 3.95. The Bertz CT molecular complexity index is 338. The van der Waals surface area contributed by atoms with Crippen LogP contribution in [0.25, 0.3) is 0 Å². The fourth-order valence-corrected chi connectivity index (χ4v) is 2.28. The highest BCUT2D eigenvalue weighted by molar-refractivity contribution is 4.93. The Morgan fingerprint density at radius 2 is 2.31 bits per heavy atom. The lowest BCUT2D eigenvalue weighted by atomic mass is 10.0. The number of hydrogen-bond acceptors (Lipinski definition) is 3. The van der Waals surface area contributed by atoms with E-state index in [-0.39, 0.29) is 6.04 Å². The molecule has 1 fully saturated rings. The highest BCUT2D eigenvalue weighted by Crippen LogP contribution is 2.16. The number of imidazole rings is 1. The van der Waals surface area contributed by atoms with Gasteiger partial charge in [-0.1, -0.05) is 0 Å². The first-order valence-electron chi connectivity index (χ1n) is 5.99. The minimum atomic E-state index is 0.150. The van der Waals surface area contributed by atoms with Gasteiger partial charge >= 0.3 is 0 Å². The summed E-state index contributed by atoms with van der Waals surface area (Å²) >= 11 is 0. The number of aromatic nitrogens is 2. The van der Waals surface area contributed by atoms with Crippen LogP contribution in [-0.4, -0.2) is 33.6 Å². The maximum atomic E-state index is 9.04. The molecule has 16 heavy (non-hydrogen) atoms. The molecule has 0 amide bonds. The van der Waals surface area contributed by atoms with Crippen LogP contribution in [0.4, 0.5) is 0 Å². The maximum Gasteiger partial charge on any atom is 0.0977 e. The highest BCUT2D eigenvalue weighted by Gasteiger charge is 2.20. The Labute approximate surface area is 96.5 Å². The summed E-state index contributed by atoms with van der Waals surface area (Å²) in [5, 5.41) is 9.04. The van der Waals surface area contributed by atoms with Crippen LogP contribution >= 0.6 is 0 Å². The van der Waals surface area contributed by atoms with E-state index >= 15 is 0 Å². The van der Waals surface area contributed by atoms with Crippen LogP contribution in [0, 0.1) is 11.3 Å². The number of aryl methyl sites for hydroxylation is 1. The fraction of sp³-hybridized carbons (Fsp3) is 0.667. The van der Waals surface area contributed by atoms with E-state index < -0.39 is 0 Å². The summed E-state index contributed by atoms with van der Waals surface area (Å²) in [4.78, 5) is 6.34. The maximum absolute atomic E-state index is 9.04. The summed E-state index contributed by atoms with van der Waals surface area (Å²) in [5.41, 5.74) is 0. The SMILES string of the molecule is N#CC1CCCCN1CCCn1ccnc1. The zero-order chi connectivity index (χ0) is 11.2. The van der Waals surface area contributed by atoms with Gasteiger partial charge in [-0.15, -0.1) is 0 Å². The third-order valence-electron chi connectivity index (χ3n) is 3.18. The van der Waals surface area contributed by atoms with Crippen molar-refractivity contribution in [2.24, 2.45) is 0 Å². The van der Waals surface area contributed by atoms with Gasteiger partial charge in [-0.3, -0.25) is 4.90 Å². The van der Waals surface area contributed by atoms with Crippen molar-refractivity contribution in [2.45, 2.75) is 38.3 Å². The molecule has 0 radical (unpaired) electrons. The molecule has 4 nitrogen and oxygen atoms in total. The first-order valence-corrected chi connectivity index (χ1v) is 5.99. The predicted octanol–water partition coefficient (Wildman–Crippen LogP) is 1.65. The van der Waals surface area contributed by atoms with E-state index in [4.69, 9.17) is 5.26 Å². The summed E-state index contributed by atoms with van der Waals surface area (Å²) in [6.07, 6.45) is 10.2. The number of rotatable bonds is 4. The zero-order valence-electron chi connectivity index (χ0n) is 9.55. The summed E-state index contributed by atoms with van der Waals surface area (Å²) in [7, 11) is 0. The van der Waals surface area contributed by atoms with Gasteiger partial charge in [-0.05, 0) is 32.2 Å². The Hall–Kier alpha value is -1.34. The van der Waals surface area contributed by atoms with Crippen LogP contribution in [0.5, 0.6) is 0 Å². The molecule has 1 saturated heterocycles. The molecule has 1 unspecified atom stereocenters. The first kappa shape index (κ1) is 11.2. The average molecular weight is 218 g/mol. The van der Waals surface area contributed by atoms with Gasteiger partial charge in [0.2, 0.25) is 0 Å². The van der Waals surface area contributed by atoms with E-state index in [0.717, 1.165) is 32.5 Å². The summed E-state index contributed by atoms with van der Waals surface area (Å²) in [5.74, 6) is 0. The topological polar surface area (TPSA) is 44.9 Å². The quantitative estimate of drug-likeness (QED) is 0.772. The first-order chi connectivity index (χ1) is 7.90. The molecule has 0 saturated carbocycles. The van der Waals surface area contributed by atoms with Gasteiger partial charge in [0.1, 0.15) is 0 Å². The van der Waals surface area contributed by atoms with Crippen molar-refractivity contribution in [3.63, 3.8) is 0 Å². The average Bonchev–Trinajstić information content (AvgIpc) is 2.83. The van der Waals surface area contributed by atoms with E-state index in [1.165, 1.54) is 12.8 Å². The smallest absolute Gasteiger partial charge is 0.0977 e. The fourth-order valence-electron chi connectivity index (χ4n) is 2.28. The molecule has 1 aromatic rings. The summed E-state index contributed by atoms with van der Waals surface area (Å²) in [6, 6.07) is 2.55. The van der Waals surface area contributed by atoms with Crippen LogP contribution in [-0.2, 0) is 6.54 Å². The van der Waals surface area contributed by atoms with Crippen molar-refractivity contribution in [1.29, 1.82) is 5.26 Å². The lowest BCUT2D eigenvalue weighted by Crippen LogP contribution is -2.39. The van der Waals surface area contributed by atoms with Crippen LogP contribution in [0.1, 0.15) is 25.7 Å². The van der Waals surface area contributed by atoms with Crippen LogP contribution in [0.2, 0.25) is 0 Å². The minimum absolute atomic E-state index is 0.150. The molecule has 1 atom stereocenters. The molecule has 0 spiro atoms. The molecule has 0 aliphatic carbocycles. The molecule has 4 heteroatoms. The Balaban J connectivity index is 1.74. The molecule has 2 rings (SSSR count). The van der Waals surface area contributed by atoms with Gasteiger partial charge in [-0.25, -0.2) is 4.98 Å². The van der Waals surface area contributed by atoms with Crippen molar-refractivity contribution in [3.05, 3.63) is 18.7 Å². The van der Waals surface area contributed by atoms with Crippen molar-refractivity contribution in [3.8, 4) is 6.07 Å². The predicted molar refractivity (Wildman–Crippen MR) is 61.7 cm³/mol. The standard InChI is InChI=1S/C12H18N4/c13-10-12-4-1-2-7-16(12)8-3-6-15-9-5-14-11-15/h5,9,11-12H,1-4,6-8H2. The lowest BCUT2D eigenvalue weighted by Gasteiger charge is -2.31. The Morgan fingerprint density at radius 3 is 3.06 bits per heavy atom. The number of hydrogen-bond donors (Lipinski definition) is 0. The summed E-state index contributed by atoms with van der Waals surface area (Å²) < 4.78 is 2.09. The van der Waals surface area contributed by atoms with Gasteiger partial charge in [-0.2, -0.15) is 5.26 Å². The summed E-state index contributed by atoms with van der Waals surface area (Å²) in [6.45, 7) is 3.10. The van der Waals surface area contributed by atoms with E-state index in [1.54, 1.807) is 6.20 Å². The van der Waals surface area contributed by atoms with Crippen LogP contribution in [0.3, 0.4) is 0 Å². The van der Waals surface area contributed by atoms with Gasteiger partial charge in [0, 0.05) is 25.5 Å². The molecule has 86 valence electrons. The second-order valence-corrected chi connectivity index (χ2v) is 4.33. The van der Waals surface area contributed by atoms with E-state index in [1.807, 2.05) is 12.5 Å². The molecule has 1 aliphatic heterocycles. The minimum Gasteiger partial charge on any atom is -0.337 e. The lowest BCUT2D eigenvalue weighted by molar-refractivity contribution is 0.180. The molecule has 2 heterocycles. The third-order valence-corrected chi connectivity index (χ3v) is 3.18. The number of piperidine rings is 1. The van der Waals surface area contributed by atoms with E-state index in [9.17, 15) is 0 Å².